The van der Waals surface area contributed by atoms with E-state index in [0.29, 0.717) is 13.1 Å². The van der Waals surface area contributed by atoms with Crippen molar-refractivity contribution in [3.63, 3.8) is 0 Å². The summed E-state index contributed by atoms with van der Waals surface area (Å²) in [5, 5.41) is 0. The van der Waals surface area contributed by atoms with Crippen LogP contribution in [0.2, 0.25) is 0 Å². The second-order valence-corrected chi connectivity index (χ2v) is 4.64. The van der Waals surface area contributed by atoms with E-state index in [-0.39, 0.29) is 13.0 Å². The number of halogens is 3. The quantitative estimate of drug-likeness (QED) is 0.827. The van der Waals surface area contributed by atoms with Crippen LogP contribution in [0.3, 0.4) is 0 Å². The van der Waals surface area contributed by atoms with Crippen molar-refractivity contribution in [1.82, 2.24) is 4.90 Å². The molecule has 100 valence electrons. The van der Waals surface area contributed by atoms with Gasteiger partial charge in [-0.05, 0) is 12.0 Å². The van der Waals surface area contributed by atoms with E-state index in [1.807, 2.05) is 30.3 Å². The van der Waals surface area contributed by atoms with Crippen LogP contribution in [0.15, 0.2) is 30.3 Å². The molecule has 1 heterocycles. The largest absolute Gasteiger partial charge is 0.418 e. The Morgan fingerprint density at radius 2 is 1.94 bits per heavy atom. The molecule has 2 nitrogen and oxygen atoms in total. The molecule has 1 aliphatic heterocycles. The third kappa shape index (κ3) is 2.52. The monoisotopic (exact) mass is 259 g/mol. The third-order valence-corrected chi connectivity index (χ3v) is 3.47. The Kier molecular flexibility index (Phi) is 3.64. The van der Waals surface area contributed by atoms with E-state index in [4.69, 9.17) is 4.74 Å². The van der Waals surface area contributed by atoms with Crippen LogP contribution in [-0.2, 0) is 11.3 Å². The number of rotatable bonds is 3. The fourth-order valence-corrected chi connectivity index (χ4v) is 2.35. The lowest BCUT2D eigenvalue weighted by Crippen LogP contribution is -2.49. The summed E-state index contributed by atoms with van der Waals surface area (Å²) in [7, 11) is 1.14. The lowest BCUT2D eigenvalue weighted by atomic mass is 10.0. The highest BCUT2D eigenvalue weighted by Crippen LogP contribution is 2.40. The van der Waals surface area contributed by atoms with Gasteiger partial charge in [-0.15, -0.1) is 0 Å². The molecule has 1 unspecified atom stereocenters. The van der Waals surface area contributed by atoms with Crippen molar-refractivity contribution >= 4 is 0 Å². The van der Waals surface area contributed by atoms with Gasteiger partial charge in [0.15, 0.2) is 5.60 Å². The molecule has 0 saturated carbocycles. The van der Waals surface area contributed by atoms with Crippen LogP contribution in [0.1, 0.15) is 12.0 Å². The minimum absolute atomic E-state index is 0.000165. The van der Waals surface area contributed by atoms with Crippen molar-refractivity contribution in [3.8, 4) is 0 Å². The first-order chi connectivity index (χ1) is 8.47. The maximum atomic E-state index is 13.0. The van der Waals surface area contributed by atoms with E-state index in [2.05, 4.69) is 0 Å². The molecule has 1 aromatic carbocycles. The van der Waals surface area contributed by atoms with E-state index in [1.165, 1.54) is 0 Å². The van der Waals surface area contributed by atoms with Crippen LogP contribution in [0.5, 0.6) is 0 Å². The van der Waals surface area contributed by atoms with Gasteiger partial charge >= 0.3 is 6.18 Å². The molecule has 0 aromatic heterocycles. The molecule has 0 bridgehead atoms. The molecular formula is C13H16F3NO. The normalized spacial score (nSPS) is 25.6. The van der Waals surface area contributed by atoms with E-state index in [9.17, 15) is 13.2 Å². The number of ether oxygens (including phenoxy) is 1. The number of benzene rings is 1. The van der Waals surface area contributed by atoms with Crippen molar-refractivity contribution < 1.29 is 17.9 Å². The van der Waals surface area contributed by atoms with E-state index >= 15 is 0 Å². The topological polar surface area (TPSA) is 12.5 Å². The minimum Gasteiger partial charge on any atom is -0.367 e. The summed E-state index contributed by atoms with van der Waals surface area (Å²) in [4.78, 5) is 1.78. The van der Waals surface area contributed by atoms with Gasteiger partial charge in [0, 0.05) is 26.7 Å². The molecule has 1 fully saturated rings. The van der Waals surface area contributed by atoms with Crippen molar-refractivity contribution in [2.24, 2.45) is 0 Å². The number of nitrogens with zero attached hydrogens (tertiary/aromatic N) is 1. The molecule has 18 heavy (non-hydrogen) atoms. The Morgan fingerprint density at radius 1 is 1.28 bits per heavy atom. The van der Waals surface area contributed by atoms with E-state index in [1.54, 1.807) is 4.90 Å². The Balaban J connectivity index is 2.04. The minimum atomic E-state index is -4.31. The number of likely N-dealkylation sites (tertiary alicyclic amines) is 1. The number of alkyl halides is 3. The maximum Gasteiger partial charge on any atom is 0.418 e. The molecule has 0 amide bonds. The Hall–Kier alpha value is -1.07. The van der Waals surface area contributed by atoms with Crippen molar-refractivity contribution in [1.29, 1.82) is 0 Å². The molecule has 0 N–H and O–H groups in total. The molecule has 5 heteroatoms. The number of hydrogen-bond donors (Lipinski definition) is 0. The molecular weight excluding hydrogens is 243 g/mol. The third-order valence-electron chi connectivity index (χ3n) is 3.47. The van der Waals surface area contributed by atoms with Gasteiger partial charge in [0.25, 0.3) is 0 Å². The van der Waals surface area contributed by atoms with Crippen molar-refractivity contribution in [2.45, 2.75) is 24.7 Å². The summed E-state index contributed by atoms with van der Waals surface area (Å²) in [6, 6.07) is 9.50. The smallest absolute Gasteiger partial charge is 0.367 e. The Morgan fingerprint density at radius 3 is 2.44 bits per heavy atom. The van der Waals surface area contributed by atoms with E-state index < -0.39 is 11.8 Å². The zero-order chi connectivity index (χ0) is 13.2. The zero-order valence-corrected chi connectivity index (χ0v) is 10.2. The van der Waals surface area contributed by atoms with E-state index in [0.717, 1.165) is 12.7 Å². The summed E-state index contributed by atoms with van der Waals surface area (Å²) >= 11 is 0. The van der Waals surface area contributed by atoms with Gasteiger partial charge in [-0.2, -0.15) is 13.2 Å². The van der Waals surface area contributed by atoms with Gasteiger partial charge in [0.2, 0.25) is 0 Å². The van der Waals surface area contributed by atoms with Crippen LogP contribution in [-0.4, -0.2) is 36.9 Å². The second kappa shape index (κ2) is 4.90. The maximum absolute atomic E-state index is 13.0. The van der Waals surface area contributed by atoms with Gasteiger partial charge in [0.1, 0.15) is 0 Å². The molecule has 2 rings (SSSR count). The first-order valence-corrected chi connectivity index (χ1v) is 5.85. The fourth-order valence-electron chi connectivity index (χ4n) is 2.35. The lowest BCUT2D eigenvalue weighted by Gasteiger charge is -2.30. The highest BCUT2D eigenvalue weighted by molar-refractivity contribution is 5.15. The first kappa shape index (κ1) is 13.4. The van der Waals surface area contributed by atoms with Crippen molar-refractivity contribution in [3.05, 3.63) is 35.9 Å². The van der Waals surface area contributed by atoms with Gasteiger partial charge in [-0.1, -0.05) is 30.3 Å². The molecule has 0 radical (unpaired) electrons. The Labute approximate surface area is 104 Å². The van der Waals surface area contributed by atoms with Gasteiger partial charge in [-0.3, -0.25) is 4.90 Å². The molecule has 1 saturated heterocycles. The fraction of sp³-hybridized carbons (Fsp3) is 0.538. The standard InChI is InChI=1S/C13H16F3NO/c1-18-12(13(14,15)16)7-8-17(10-12)9-11-5-3-2-4-6-11/h2-6H,7-10H2,1H3. The summed E-state index contributed by atoms with van der Waals surface area (Å²) < 4.78 is 43.7. The summed E-state index contributed by atoms with van der Waals surface area (Å²) in [5.41, 5.74) is -0.978. The van der Waals surface area contributed by atoms with Gasteiger partial charge in [-0.25, -0.2) is 0 Å². The van der Waals surface area contributed by atoms with Crippen LogP contribution < -0.4 is 0 Å². The number of methoxy groups -OCH3 is 1. The summed E-state index contributed by atoms with van der Waals surface area (Å²) in [6.45, 7) is 0.839. The highest BCUT2D eigenvalue weighted by Gasteiger charge is 2.58. The molecule has 1 aromatic rings. The average molecular weight is 259 g/mol. The molecule has 1 aliphatic rings. The van der Waals surface area contributed by atoms with Crippen LogP contribution in [0.4, 0.5) is 13.2 Å². The first-order valence-electron chi connectivity index (χ1n) is 5.85. The molecule has 0 aliphatic carbocycles. The van der Waals surface area contributed by atoms with Crippen LogP contribution >= 0.6 is 0 Å². The van der Waals surface area contributed by atoms with Gasteiger partial charge < -0.3 is 4.74 Å². The summed E-state index contributed by atoms with van der Waals surface area (Å²) in [6.07, 6.45) is -4.31. The summed E-state index contributed by atoms with van der Waals surface area (Å²) in [5.74, 6) is 0. The van der Waals surface area contributed by atoms with Crippen LogP contribution in [0.25, 0.3) is 0 Å². The van der Waals surface area contributed by atoms with Crippen molar-refractivity contribution in [2.75, 3.05) is 20.2 Å². The SMILES string of the molecule is COC1(C(F)(F)F)CCN(Cc2ccccc2)C1. The molecule has 0 spiro atoms. The molecule has 1 atom stereocenters. The lowest BCUT2D eigenvalue weighted by molar-refractivity contribution is -0.263. The van der Waals surface area contributed by atoms with Gasteiger partial charge in [0.05, 0.1) is 0 Å². The Bertz CT molecular complexity index is 393. The highest BCUT2D eigenvalue weighted by atomic mass is 19.4. The average Bonchev–Trinajstić information content (AvgIpc) is 2.74. The zero-order valence-electron chi connectivity index (χ0n) is 10.2. The number of hydrogen-bond acceptors (Lipinski definition) is 2. The predicted molar refractivity (Wildman–Crippen MR) is 62.1 cm³/mol. The van der Waals surface area contributed by atoms with Crippen LogP contribution in [0, 0.1) is 0 Å². The second-order valence-electron chi connectivity index (χ2n) is 4.64. The predicted octanol–water partition coefficient (Wildman–Crippen LogP) is 2.84.